The van der Waals surface area contributed by atoms with Gasteiger partial charge in [-0.15, -0.1) is 0 Å². The molecule has 1 aliphatic heterocycles. The third-order valence-electron chi connectivity index (χ3n) is 3.49. The van der Waals surface area contributed by atoms with Crippen molar-refractivity contribution in [2.45, 2.75) is 25.8 Å². The van der Waals surface area contributed by atoms with Crippen molar-refractivity contribution in [3.8, 4) is 11.5 Å². The zero-order valence-corrected chi connectivity index (χ0v) is 12.5. The van der Waals surface area contributed by atoms with Crippen LogP contribution in [0.25, 0.3) is 0 Å². The number of carbonyl (C=O) groups excluding carboxylic acids is 2. The molecule has 0 saturated carbocycles. The van der Waals surface area contributed by atoms with Crippen LogP contribution in [0.2, 0.25) is 0 Å². The van der Waals surface area contributed by atoms with E-state index in [1.54, 1.807) is 38.2 Å². The molecule has 2 amide bonds. The van der Waals surface area contributed by atoms with E-state index < -0.39 is 0 Å². The van der Waals surface area contributed by atoms with Gasteiger partial charge in [0.15, 0.2) is 11.5 Å². The number of rotatable bonds is 5. The molecule has 21 heavy (non-hydrogen) atoms. The Hall–Kier alpha value is -2.24. The molecule has 0 radical (unpaired) electrons. The van der Waals surface area contributed by atoms with Crippen LogP contribution in [0, 0.1) is 0 Å². The Kier molecular flexibility index (Phi) is 4.67. The number of anilines is 1. The van der Waals surface area contributed by atoms with Crippen molar-refractivity contribution in [2.24, 2.45) is 0 Å². The van der Waals surface area contributed by atoms with Gasteiger partial charge in [-0.05, 0) is 12.1 Å². The first kappa shape index (κ1) is 15.2. The second-order valence-electron chi connectivity index (χ2n) is 4.87. The van der Waals surface area contributed by atoms with Gasteiger partial charge in [-0.3, -0.25) is 9.59 Å². The van der Waals surface area contributed by atoms with Gasteiger partial charge in [0.1, 0.15) is 0 Å². The van der Waals surface area contributed by atoms with Gasteiger partial charge in [0.2, 0.25) is 11.8 Å². The number of hydrogen-bond acceptors (Lipinski definition) is 4. The lowest BCUT2D eigenvalue weighted by Gasteiger charge is -2.19. The van der Waals surface area contributed by atoms with E-state index in [0.717, 1.165) is 5.69 Å². The standard InChI is InChI=1S/C15H20N2O4/c1-4-14(18)16-10-7-15(19)17(9-10)11-5-6-12(20-2)13(8-11)21-3/h5-6,8,10H,4,7,9H2,1-3H3,(H,16,18). The number of benzene rings is 1. The number of hydrogen-bond donors (Lipinski definition) is 1. The quantitative estimate of drug-likeness (QED) is 0.889. The van der Waals surface area contributed by atoms with Gasteiger partial charge in [-0.2, -0.15) is 0 Å². The molecule has 6 nitrogen and oxygen atoms in total. The van der Waals surface area contributed by atoms with E-state index in [-0.39, 0.29) is 17.9 Å². The first-order valence-corrected chi connectivity index (χ1v) is 6.90. The number of methoxy groups -OCH3 is 2. The molecule has 1 N–H and O–H groups in total. The molecule has 2 rings (SSSR count). The molecule has 1 atom stereocenters. The molecule has 114 valence electrons. The van der Waals surface area contributed by atoms with Crippen LogP contribution in [0.1, 0.15) is 19.8 Å². The molecule has 1 aliphatic rings. The molecule has 1 aromatic rings. The van der Waals surface area contributed by atoms with Crippen LogP contribution in [-0.2, 0) is 9.59 Å². The maximum atomic E-state index is 12.1. The van der Waals surface area contributed by atoms with Crippen LogP contribution in [0.15, 0.2) is 18.2 Å². The fraction of sp³-hybridized carbons (Fsp3) is 0.467. The monoisotopic (exact) mass is 292 g/mol. The van der Waals surface area contributed by atoms with Crippen molar-refractivity contribution in [3.63, 3.8) is 0 Å². The summed E-state index contributed by atoms with van der Waals surface area (Å²) in [5.74, 6) is 1.14. The molecule has 0 bridgehead atoms. The lowest BCUT2D eigenvalue weighted by Crippen LogP contribution is -2.36. The number of carbonyl (C=O) groups is 2. The SMILES string of the molecule is CCC(=O)NC1CC(=O)N(c2ccc(OC)c(OC)c2)C1. The van der Waals surface area contributed by atoms with Gasteiger partial charge in [-0.1, -0.05) is 6.92 Å². The fourth-order valence-corrected chi connectivity index (χ4v) is 2.38. The van der Waals surface area contributed by atoms with E-state index in [0.29, 0.717) is 30.9 Å². The Labute approximate surface area is 124 Å². The van der Waals surface area contributed by atoms with Crippen molar-refractivity contribution in [1.82, 2.24) is 5.32 Å². The van der Waals surface area contributed by atoms with E-state index in [2.05, 4.69) is 5.32 Å². The molecule has 1 aromatic carbocycles. The highest BCUT2D eigenvalue weighted by molar-refractivity contribution is 5.97. The smallest absolute Gasteiger partial charge is 0.229 e. The predicted molar refractivity (Wildman–Crippen MR) is 78.7 cm³/mol. The fourth-order valence-electron chi connectivity index (χ4n) is 2.38. The topological polar surface area (TPSA) is 67.9 Å². The predicted octanol–water partition coefficient (Wildman–Crippen LogP) is 1.34. The average Bonchev–Trinajstić information content (AvgIpc) is 2.86. The van der Waals surface area contributed by atoms with E-state index in [4.69, 9.17) is 9.47 Å². The van der Waals surface area contributed by atoms with Gasteiger partial charge in [0, 0.05) is 31.1 Å². The lowest BCUT2D eigenvalue weighted by atomic mass is 10.2. The number of amides is 2. The minimum atomic E-state index is -0.141. The van der Waals surface area contributed by atoms with E-state index in [9.17, 15) is 9.59 Å². The normalized spacial score (nSPS) is 17.8. The van der Waals surface area contributed by atoms with Crippen molar-refractivity contribution in [1.29, 1.82) is 0 Å². The van der Waals surface area contributed by atoms with Crippen LogP contribution in [0.4, 0.5) is 5.69 Å². The minimum absolute atomic E-state index is 0.0105. The maximum Gasteiger partial charge on any atom is 0.229 e. The first-order valence-electron chi connectivity index (χ1n) is 6.90. The highest BCUT2D eigenvalue weighted by Crippen LogP contribution is 2.33. The second-order valence-corrected chi connectivity index (χ2v) is 4.87. The first-order chi connectivity index (χ1) is 10.1. The third-order valence-corrected chi connectivity index (χ3v) is 3.49. The molecule has 1 saturated heterocycles. The third kappa shape index (κ3) is 3.26. The summed E-state index contributed by atoms with van der Waals surface area (Å²) in [6, 6.07) is 5.20. The molecule has 0 aromatic heterocycles. The van der Waals surface area contributed by atoms with Gasteiger partial charge in [0.05, 0.1) is 20.3 Å². The maximum absolute atomic E-state index is 12.1. The van der Waals surface area contributed by atoms with Crippen molar-refractivity contribution < 1.29 is 19.1 Å². The molecular weight excluding hydrogens is 272 g/mol. The highest BCUT2D eigenvalue weighted by atomic mass is 16.5. The van der Waals surface area contributed by atoms with Gasteiger partial charge >= 0.3 is 0 Å². The Bertz CT molecular complexity index is 544. The summed E-state index contributed by atoms with van der Waals surface area (Å²) in [4.78, 5) is 25.2. The summed E-state index contributed by atoms with van der Waals surface area (Å²) < 4.78 is 10.4. The van der Waals surface area contributed by atoms with Crippen molar-refractivity contribution in [3.05, 3.63) is 18.2 Å². The van der Waals surface area contributed by atoms with E-state index >= 15 is 0 Å². The summed E-state index contributed by atoms with van der Waals surface area (Å²) in [6.45, 7) is 2.26. The summed E-state index contributed by atoms with van der Waals surface area (Å²) >= 11 is 0. The zero-order valence-electron chi connectivity index (χ0n) is 12.5. The van der Waals surface area contributed by atoms with Crippen molar-refractivity contribution in [2.75, 3.05) is 25.7 Å². The van der Waals surface area contributed by atoms with Crippen molar-refractivity contribution >= 4 is 17.5 Å². The zero-order chi connectivity index (χ0) is 15.4. The average molecular weight is 292 g/mol. The van der Waals surface area contributed by atoms with Crippen LogP contribution in [0.5, 0.6) is 11.5 Å². The summed E-state index contributed by atoms with van der Waals surface area (Å²) in [6.07, 6.45) is 0.737. The molecule has 1 fully saturated rings. The molecule has 0 spiro atoms. The number of ether oxygens (including phenoxy) is 2. The van der Waals surface area contributed by atoms with Crippen LogP contribution >= 0.6 is 0 Å². The molecule has 1 heterocycles. The highest BCUT2D eigenvalue weighted by Gasteiger charge is 2.31. The van der Waals surface area contributed by atoms with Crippen LogP contribution in [-0.4, -0.2) is 38.6 Å². The summed E-state index contributed by atoms with van der Waals surface area (Å²) in [5, 5.41) is 2.85. The lowest BCUT2D eigenvalue weighted by molar-refractivity contribution is -0.121. The summed E-state index contributed by atoms with van der Waals surface area (Å²) in [5.41, 5.74) is 0.742. The number of nitrogens with zero attached hydrogens (tertiary/aromatic N) is 1. The van der Waals surface area contributed by atoms with Gasteiger partial charge in [-0.25, -0.2) is 0 Å². The second kappa shape index (κ2) is 6.47. The molecule has 1 unspecified atom stereocenters. The summed E-state index contributed by atoms with van der Waals surface area (Å²) in [7, 11) is 3.12. The van der Waals surface area contributed by atoms with E-state index in [1.807, 2.05) is 6.07 Å². The Balaban J connectivity index is 2.15. The van der Waals surface area contributed by atoms with Crippen LogP contribution in [0.3, 0.4) is 0 Å². The Morgan fingerprint density at radius 1 is 1.33 bits per heavy atom. The molecular formula is C15H20N2O4. The Morgan fingerprint density at radius 3 is 2.67 bits per heavy atom. The number of nitrogens with one attached hydrogen (secondary N) is 1. The molecule has 0 aliphatic carbocycles. The largest absolute Gasteiger partial charge is 0.493 e. The van der Waals surface area contributed by atoms with Gasteiger partial charge < -0.3 is 19.7 Å². The van der Waals surface area contributed by atoms with Crippen LogP contribution < -0.4 is 19.7 Å². The van der Waals surface area contributed by atoms with Gasteiger partial charge in [0.25, 0.3) is 0 Å². The Morgan fingerprint density at radius 2 is 2.05 bits per heavy atom. The van der Waals surface area contributed by atoms with E-state index in [1.165, 1.54) is 0 Å². The minimum Gasteiger partial charge on any atom is -0.493 e. The molecule has 6 heteroatoms.